The minimum absolute atomic E-state index is 0.763. The molecule has 44 valence electrons. The maximum atomic E-state index is 5.43. The highest BCUT2D eigenvalue weighted by Crippen LogP contribution is 2.00. The molecule has 1 aliphatic rings. The first-order chi connectivity index (χ1) is 3.89. The second-order valence-corrected chi connectivity index (χ2v) is 1.90. The van der Waals surface area contributed by atoms with Crippen LogP contribution in [0.1, 0.15) is 19.3 Å². The molecule has 1 heterocycles. The van der Waals surface area contributed by atoms with Crippen LogP contribution in [-0.2, 0) is 0 Å². The fourth-order valence-electron chi connectivity index (χ4n) is 0.689. The van der Waals surface area contributed by atoms with Crippen LogP contribution in [0.2, 0.25) is 0 Å². The van der Waals surface area contributed by atoms with Gasteiger partial charge in [0.15, 0.2) is 0 Å². The average molecular weight is 110 g/mol. The molecule has 0 saturated heterocycles. The number of aliphatic imine (C=N–C) groups is 1. The fourth-order valence-corrected chi connectivity index (χ4v) is 0.689. The van der Waals surface area contributed by atoms with Crippen molar-refractivity contribution in [2.24, 2.45) is 10.7 Å². The summed E-state index contributed by atoms with van der Waals surface area (Å²) in [5.74, 6) is 0.763. The van der Waals surface area contributed by atoms with Gasteiger partial charge >= 0.3 is 0 Å². The number of hydrogen-bond donors (Lipinski definition) is 1. The predicted octanol–water partition coefficient (Wildman–Crippen LogP) is 1.04. The first kappa shape index (κ1) is 5.35. The van der Waals surface area contributed by atoms with E-state index in [-0.39, 0.29) is 0 Å². The van der Waals surface area contributed by atoms with Gasteiger partial charge in [0.2, 0.25) is 0 Å². The van der Waals surface area contributed by atoms with E-state index in [0.717, 1.165) is 25.1 Å². The van der Waals surface area contributed by atoms with Crippen LogP contribution in [0.25, 0.3) is 0 Å². The molecule has 0 fully saturated rings. The molecule has 2 nitrogen and oxygen atoms in total. The molecule has 0 aromatic carbocycles. The number of nitrogens with two attached hydrogens (primary N) is 1. The second-order valence-electron chi connectivity index (χ2n) is 1.90. The molecule has 0 atom stereocenters. The lowest BCUT2D eigenvalue weighted by atomic mass is 10.2. The monoisotopic (exact) mass is 110 g/mol. The Morgan fingerprint density at radius 2 is 2.50 bits per heavy atom. The van der Waals surface area contributed by atoms with Gasteiger partial charge in [-0.2, -0.15) is 0 Å². The number of nitrogens with zero attached hydrogens (tertiary/aromatic N) is 1. The minimum atomic E-state index is 0.763. The number of hydrogen-bond acceptors (Lipinski definition) is 2. The van der Waals surface area contributed by atoms with Crippen LogP contribution in [0, 0.1) is 0 Å². The predicted molar refractivity (Wildman–Crippen MR) is 34.6 cm³/mol. The quantitative estimate of drug-likeness (QED) is 0.497. The summed E-state index contributed by atoms with van der Waals surface area (Å²) < 4.78 is 0. The van der Waals surface area contributed by atoms with Crippen molar-refractivity contribution in [3.05, 3.63) is 12.3 Å². The summed E-state index contributed by atoms with van der Waals surface area (Å²) in [5, 5.41) is 0. The third-order valence-electron chi connectivity index (χ3n) is 1.15. The molecule has 0 spiro atoms. The highest BCUT2D eigenvalue weighted by atomic mass is 14.8. The van der Waals surface area contributed by atoms with E-state index in [0.29, 0.717) is 0 Å². The molecule has 0 amide bonds. The Labute approximate surface area is 49.1 Å². The summed E-state index contributed by atoms with van der Waals surface area (Å²) >= 11 is 0. The van der Waals surface area contributed by atoms with Crippen LogP contribution in [0.4, 0.5) is 0 Å². The van der Waals surface area contributed by atoms with Crippen LogP contribution in [0.15, 0.2) is 17.3 Å². The van der Waals surface area contributed by atoms with Gasteiger partial charge in [-0.1, -0.05) is 6.08 Å². The molecule has 0 aromatic rings. The summed E-state index contributed by atoms with van der Waals surface area (Å²) in [6.45, 7) is 0. The number of amidine groups is 1. The van der Waals surface area contributed by atoms with Gasteiger partial charge in [-0.05, 0) is 12.8 Å². The summed E-state index contributed by atoms with van der Waals surface area (Å²) in [6.07, 6.45) is 7.03. The van der Waals surface area contributed by atoms with Gasteiger partial charge in [-0.3, -0.25) is 0 Å². The Balaban J connectivity index is 2.52. The first-order valence-electron chi connectivity index (χ1n) is 2.87. The van der Waals surface area contributed by atoms with Gasteiger partial charge in [0.25, 0.3) is 0 Å². The van der Waals surface area contributed by atoms with Crippen molar-refractivity contribution < 1.29 is 0 Å². The highest BCUT2D eigenvalue weighted by molar-refractivity contribution is 5.80. The molecular formula is C6H10N2. The molecule has 0 aliphatic carbocycles. The number of rotatable bonds is 0. The topological polar surface area (TPSA) is 38.4 Å². The van der Waals surface area contributed by atoms with Gasteiger partial charge in [-0.15, -0.1) is 0 Å². The average Bonchev–Trinajstić information content (AvgIpc) is 1.94. The van der Waals surface area contributed by atoms with Crippen LogP contribution < -0.4 is 5.73 Å². The van der Waals surface area contributed by atoms with Gasteiger partial charge in [0.1, 0.15) is 0 Å². The van der Waals surface area contributed by atoms with E-state index in [2.05, 4.69) is 4.99 Å². The second kappa shape index (κ2) is 2.50. The van der Waals surface area contributed by atoms with Gasteiger partial charge in [0, 0.05) is 12.6 Å². The molecular weight excluding hydrogens is 100 g/mol. The van der Waals surface area contributed by atoms with E-state index < -0.39 is 0 Å². The SMILES string of the molecule is NC1=NC=CCCC1. The molecule has 0 unspecified atom stereocenters. The van der Waals surface area contributed by atoms with E-state index in [4.69, 9.17) is 5.73 Å². The van der Waals surface area contributed by atoms with Crippen LogP contribution >= 0.6 is 0 Å². The smallest absolute Gasteiger partial charge is 0.0988 e. The fraction of sp³-hybridized carbons (Fsp3) is 0.500. The van der Waals surface area contributed by atoms with Crippen molar-refractivity contribution in [2.45, 2.75) is 19.3 Å². The largest absolute Gasteiger partial charge is 0.387 e. The maximum Gasteiger partial charge on any atom is 0.0988 e. The molecule has 0 radical (unpaired) electrons. The molecule has 1 aliphatic heterocycles. The zero-order valence-corrected chi connectivity index (χ0v) is 4.80. The Bertz CT molecular complexity index is 124. The maximum absolute atomic E-state index is 5.43. The zero-order chi connectivity index (χ0) is 5.82. The van der Waals surface area contributed by atoms with E-state index in [1.807, 2.05) is 6.08 Å². The Hall–Kier alpha value is -0.790. The van der Waals surface area contributed by atoms with E-state index in [1.54, 1.807) is 6.20 Å². The molecule has 0 aromatic heterocycles. The van der Waals surface area contributed by atoms with Gasteiger partial charge in [0.05, 0.1) is 5.84 Å². The van der Waals surface area contributed by atoms with Crippen LogP contribution in [0.3, 0.4) is 0 Å². The standard InChI is InChI=1S/C6H10N2/c7-6-4-2-1-3-5-8-6/h3,5H,1-2,4H2,(H2,7,8). The third kappa shape index (κ3) is 1.37. The molecule has 8 heavy (non-hydrogen) atoms. The Morgan fingerprint density at radius 3 is 3.38 bits per heavy atom. The van der Waals surface area contributed by atoms with Crippen molar-refractivity contribution in [3.8, 4) is 0 Å². The highest BCUT2D eigenvalue weighted by Gasteiger charge is 1.92. The van der Waals surface area contributed by atoms with Crippen LogP contribution in [-0.4, -0.2) is 5.84 Å². The molecule has 0 bridgehead atoms. The third-order valence-corrected chi connectivity index (χ3v) is 1.15. The molecule has 0 saturated carbocycles. The molecule has 1 rings (SSSR count). The normalized spacial score (nSPS) is 19.8. The first-order valence-corrected chi connectivity index (χ1v) is 2.87. The Morgan fingerprint density at radius 1 is 1.62 bits per heavy atom. The van der Waals surface area contributed by atoms with Crippen molar-refractivity contribution in [1.29, 1.82) is 0 Å². The van der Waals surface area contributed by atoms with Crippen molar-refractivity contribution >= 4 is 5.84 Å². The molecule has 2 N–H and O–H groups in total. The number of allylic oxidation sites excluding steroid dienone is 1. The summed E-state index contributed by atoms with van der Waals surface area (Å²) in [7, 11) is 0. The molecule has 2 heteroatoms. The Kier molecular flexibility index (Phi) is 1.67. The van der Waals surface area contributed by atoms with E-state index in [9.17, 15) is 0 Å². The van der Waals surface area contributed by atoms with Crippen molar-refractivity contribution in [2.75, 3.05) is 0 Å². The zero-order valence-electron chi connectivity index (χ0n) is 4.80. The summed E-state index contributed by atoms with van der Waals surface area (Å²) in [4.78, 5) is 3.94. The van der Waals surface area contributed by atoms with Crippen molar-refractivity contribution in [3.63, 3.8) is 0 Å². The van der Waals surface area contributed by atoms with Crippen molar-refractivity contribution in [1.82, 2.24) is 0 Å². The lowest BCUT2D eigenvalue weighted by molar-refractivity contribution is 0.898. The van der Waals surface area contributed by atoms with Gasteiger partial charge in [-0.25, -0.2) is 4.99 Å². The summed E-state index contributed by atoms with van der Waals surface area (Å²) in [5.41, 5.74) is 5.43. The van der Waals surface area contributed by atoms with Gasteiger partial charge < -0.3 is 5.73 Å². The van der Waals surface area contributed by atoms with E-state index >= 15 is 0 Å². The van der Waals surface area contributed by atoms with Crippen LogP contribution in [0.5, 0.6) is 0 Å². The lowest BCUT2D eigenvalue weighted by Gasteiger charge is -1.90. The van der Waals surface area contributed by atoms with E-state index in [1.165, 1.54) is 0 Å². The minimum Gasteiger partial charge on any atom is -0.387 e. The lowest BCUT2D eigenvalue weighted by Crippen LogP contribution is -2.09. The summed E-state index contributed by atoms with van der Waals surface area (Å²) in [6, 6.07) is 0.